The molecule has 0 aliphatic rings. The van der Waals surface area contributed by atoms with E-state index in [4.69, 9.17) is 10.5 Å². The van der Waals surface area contributed by atoms with Crippen molar-refractivity contribution in [3.05, 3.63) is 54.1 Å². The minimum atomic E-state index is -0.540. The smallest absolute Gasteiger partial charge is 0.250 e. The molecule has 0 saturated heterocycles. The second kappa shape index (κ2) is 9.46. The molecule has 0 radical (unpaired) electrons. The van der Waals surface area contributed by atoms with Gasteiger partial charge in [0, 0.05) is 11.4 Å². The quantitative estimate of drug-likeness (QED) is 0.643. The molecule has 2 aromatic rings. The highest BCUT2D eigenvalue weighted by molar-refractivity contribution is 6.00. The molecule has 6 heteroatoms. The highest BCUT2D eigenvalue weighted by Crippen LogP contribution is 2.17. The van der Waals surface area contributed by atoms with Gasteiger partial charge in [0.15, 0.2) is 0 Å². The van der Waals surface area contributed by atoms with Gasteiger partial charge in [-0.25, -0.2) is 0 Å². The summed E-state index contributed by atoms with van der Waals surface area (Å²) >= 11 is 0. The Hall–Kier alpha value is -3.02. The molecule has 0 unspecified atom stereocenters. The zero-order valence-corrected chi connectivity index (χ0v) is 15.1. The zero-order chi connectivity index (χ0) is 18.9. The highest BCUT2D eigenvalue weighted by atomic mass is 16.5. The van der Waals surface area contributed by atoms with Crippen molar-refractivity contribution in [2.24, 2.45) is 11.7 Å². The first-order valence-electron chi connectivity index (χ1n) is 8.61. The summed E-state index contributed by atoms with van der Waals surface area (Å²) in [5.74, 6) is 0.609. The standard InChI is InChI=1S/C20H25N3O3/c1-14(2)11-12-26-16-9-7-15(8-10-16)23-19(24)13-22-18-6-4-3-5-17(18)20(21)25/h3-10,14,22H,11-13H2,1-2H3,(H2,21,25)(H,23,24). The summed E-state index contributed by atoms with van der Waals surface area (Å²) in [7, 11) is 0. The predicted octanol–water partition coefficient (Wildman–Crippen LogP) is 3.26. The molecule has 0 heterocycles. The van der Waals surface area contributed by atoms with Crippen LogP contribution in [0.4, 0.5) is 11.4 Å². The molecule has 4 N–H and O–H groups in total. The van der Waals surface area contributed by atoms with Crippen molar-refractivity contribution < 1.29 is 14.3 Å². The Morgan fingerprint density at radius 1 is 1.08 bits per heavy atom. The fraction of sp³-hybridized carbons (Fsp3) is 0.300. The lowest BCUT2D eigenvalue weighted by molar-refractivity contribution is -0.114. The first-order valence-corrected chi connectivity index (χ1v) is 8.61. The molecular formula is C20H25N3O3. The molecule has 0 spiro atoms. The first kappa shape index (κ1) is 19.3. The number of amides is 2. The number of ether oxygens (including phenoxy) is 1. The van der Waals surface area contributed by atoms with Crippen LogP contribution in [0.5, 0.6) is 5.75 Å². The summed E-state index contributed by atoms with van der Waals surface area (Å²) < 4.78 is 5.65. The third-order valence-corrected chi connectivity index (χ3v) is 3.73. The Morgan fingerprint density at radius 2 is 1.77 bits per heavy atom. The van der Waals surface area contributed by atoms with E-state index in [1.54, 1.807) is 36.4 Å². The van der Waals surface area contributed by atoms with Crippen molar-refractivity contribution in [3.8, 4) is 5.75 Å². The Labute approximate surface area is 153 Å². The lowest BCUT2D eigenvalue weighted by atomic mass is 10.1. The van der Waals surface area contributed by atoms with E-state index in [0.29, 0.717) is 29.5 Å². The average molecular weight is 355 g/mol. The number of nitrogens with two attached hydrogens (primary N) is 1. The van der Waals surface area contributed by atoms with Crippen LogP contribution in [0, 0.1) is 5.92 Å². The maximum Gasteiger partial charge on any atom is 0.250 e. The van der Waals surface area contributed by atoms with Gasteiger partial charge in [-0.05, 0) is 48.7 Å². The van der Waals surface area contributed by atoms with Gasteiger partial charge in [0.2, 0.25) is 5.91 Å². The van der Waals surface area contributed by atoms with Gasteiger partial charge in [-0.1, -0.05) is 26.0 Å². The molecule has 0 aliphatic heterocycles. The van der Waals surface area contributed by atoms with E-state index in [9.17, 15) is 9.59 Å². The van der Waals surface area contributed by atoms with Gasteiger partial charge in [0.1, 0.15) is 5.75 Å². The summed E-state index contributed by atoms with van der Waals surface area (Å²) in [6, 6.07) is 14.0. The van der Waals surface area contributed by atoms with Crippen LogP contribution in [0.1, 0.15) is 30.6 Å². The van der Waals surface area contributed by atoms with Crippen LogP contribution in [0.2, 0.25) is 0 Å². The molecule has 0 aliphatic carbocycles. The maximum absolute atomic E-state index is 12.1. The Balaban J connectivity index is 1.83. The van der Waals surface area contributed by atoms with Crippen molar-refractivity contribution in [1.29, 1.82) is 0 Å². The van der Waals surface area contributed by atoms with Crippen LogP contribution < -0.4 is 21.1 Å². The summed E-state index contributed by atoms with van der Waals surface area (Å²) in [5.41, 5.74) is 6.88. The largest absolute Gasteiger partial charge is 0.494 e. The van der Waals surface area contributed by atoms with Gasteiger partial charge < -0.3 is 21.1 Å². The van der Waals surface area contributed by atoms with E-state index in [1.165, 1.54) is 0 Å². The monoisotopic (exact) mass is 355 g/mol. The molecular weight excluding hydrogens is 330 g/mol. The van der Waals surface area contributed by atoms with Crippen molar-refractivity contribution in [3.63, 3.8) is 0 Å². The number of benzene rings is 2. The van der Waals surface area contributed by atoms with Crippen LogP contribution in [0.25, 0.3) is 0 Å². The number of anilines is 2. The SMILES string of the molecule is CC(C)CCOc1ccc(NC(=O)CNc2ccccc2C(N)=O)cc1. The van der Waals surface area contributed by atoms with E-state index < -0.39 is 5.91 Å². The maximum atomic E-state index is 12.1. The summed E-state index contributed by atoms with van der Waals surface area (Å²) in [6.45, 7) is 5.00. The molecule has 0 bridgehead atoms. The summed E-state index contributed by atoms with van der Waals surface area (Å²) in [6.07, 6.45) is 0.997. The summed E-state index contributed by atoms with van der Waals surface area (Å²) in [4.78, 5) is 23.4. The fourth-order valence-corrected chi connectivity index (χ4v) is 2.28. The number of para-hydroxylation sites is 1. The lowest BCUT2D eigenvalue weighted by Crippen LogP contribution is -2.23. The van der Waals surface area contributed by atoms with Crippen LogP contribution >= 0.6 is 0 Å². The summed E-state index contributed by atoms with van der Waals surface area (Å²) in [5, 5.41) is 5.72. The predicted molar refractivity (Wildman–Crippen MR) is 103 cm³/mol. The number of hydrogen-bond acceptors (Lipinski definition) is 4. The number of hydrogen-bond donors (Lipinski definition) is 3. The van der Waals surface area contributed by atoms with Gasteiger partial charge in [0.05, 0.1) is 18.7 Å². The molecule has 2 aromatic carbocycles. The molecule has 2 rings (SSSR count). The molecule has 0 aromatic heterocycles. The van der Waals surface area contributed by atoms with E-state index in [1.807, 2.05) is 12.1 Å². The number of primary amides is 1. The number of nitrogens with one attached hydrogen (secondary N) is 2. The molecule has 6 nitrogen and oxygen atoms in total. The Bertz CT molecular complexity index is 742. The minimum Gasteiger partial charge on any atom is -0.494 e. The second-order valence-electron chi connectivity index (χ2n) is 6.37. The molecule has 0 atom stereocenters. The van der Waals surface area contributed by atoms with Gasteiger partial charge in [0.25, 0.3) is 5.91 Å². The van der Waals surface area contributed by atoms with Crippen molar-refractivity contribution in [2.75, 3.05) is 23.8 Å². The second-order valence-corrected chi connectivity index (χ2v) is 6.37. The van der Waals surface area contributed by atoms with Gasteiger partial charge in [-0.2, -0.15) is 0 Å². The normalized spacial score (nSPS) is 10.4. The minimum absolute atomic E-state index is 0.0247. The van der Waals surface area contributed by atoms with Crippen LogP contribution in [0.3, 0.4) is 0 Å². The highest BCUT2D eigenvalue weighted by Gasteiger charge is 2.08. The fourth-order valence-electron chi connectivity index (χ4n) is 2.28. The molecule has 26 heavy (non-hydrogen) atoms. The molecule has 138 valence electrons. The molecule has 2 amide bonds. The number of rotatable bonds is 9. The Kier molecular flexibility index (Phi) is 7.02. The van der Waals surface area contributed by atoms with Crippen molar-refractivity contribution in [1.82, 2.24) is 0 Å². The third kappa shape index (κ3) is 6.12. The van der Waals surface area contributed by atoms with Crippen LogP contribution in [0.15, 0.2) is 48.5 Å². The van der Waals surface area contributed by atoms with E-state index >= 15 is 0 Å². The molecule has 0 saturated carbocycles. The van der Waals surface area contributed by atoms with E-state index in [0.717, 1.165) is 12.2 Å². The Morgan fingerprint density at radius 3 is 2.42 bits per heavy atom. The topological polar surface area (TPSA) is 93.4 Å². The average Bonchev–Trinajstić information content (AvgIpc) is 2.61. The van der Waals surface area contributed by atoms with Crippen molar-refractivity contribution in [2.45, 2.75) is 20.3 Å². The van der Waals surface area contributed by atoms with E-state index in [-0.39, 0.29) is 12.5 Å². The molecule has 0 fully saturated rings. The number of carbonyl (C=O) groups excluding carboxylic acids is 2. The third-order valence-electron chi connectivity index (χ3n) is 3.73. The zero-order valence-electron chi connectivity index (χ0n) is 15.1. The van der Waals surface area contributed by atoms with Gasteiger partial charge >= 0.3 is 0 Å². The van der Waals surface area contributed by atoms with Gasteiger partial charge in [-0.15, -0.1) is 0 Å². The van der Waals surface area contributed by atoms with E-state index in [2.05, 4.69) is 24.5 Å². The van der Waals surface area contributed by atoms with Crippen molar-refractivity contribution >= 4 is 23.2 Å². The van der Waals surface area contributed by atoms with Crippen LogP contribution in [-0.2, 0) is 4.79 Å². The first-order chi connectivity index (χ1) is 12.5. The van der Waals surface area contributed by atoms with Crippen LogP contribution in [-0.4, -0.2) is 25.0 Å². The van der Waals surface area contributed by atoms with Gasteiger partial charge in [-0.3, -0.25) is 9.59 Å². The number of carbonyl (C=O) groups is 2. The lowest BCUT2D eigenvalue weighted by Gasteiger charge is -2.11.